The van der Waals surface area contributed by atoms with Crippen LogP contribution in [-0.4, -0.2) is 24.4 Å². The van der Waals surface area contributed by atoms with Gasteiger partial charge in [-0.15, -0.1) is 5.10 Å². The molecule has 0 atom stereocenters. The fourth-order valence-electron chi connectivity index (χ4n) is 1.65. The Kier molecular flexibility index (Phi) is 2.07. The molecule has 0 fully saturated rings. The molecule has 17 heavy (non-hydrogen) atoms. The van der Waals surface area contributed by atoms with E-state index in [2.05, 4.69) is 20.5 Å². The Labute approximate surface area is 97.9 Å². The topological polar surface area (TPSA) is 60.0 Å². The maximum absolute atomic E-state index is 4.36. The lowest BCUT2D eigenvalue weighted by atomic mass is 10.3. The number of hydrogen-bond acceptors (Lipinski definition) is 4. The molecular weight excluding hydrogens is 216 g/mol. The molecule has 3 aromatic heterocycles. The van der Waals surface area contributed by atoms with Gasteiger partial charge in [0, 0.05) is 19.4 Å². The average molecular weight is 228 g/mol. The van der Waals surface area contributed by atoms with Crippen molar-refractivity contribution in [3.05, 3.63) is 36.3 Å². The van der Waals surface area contributed by atoms with Crippen molar-refractivity contribution >= 4 is 17.3 Å². The number of aromatic nitrogens is 5. The molecule has 0 aliphatic heterocycles. The average Bonchev–Trinajstić information content (AvgIpc) is 2.84. The standard InChI is InChI=1S/C11H12N6/c1-8-3-4-10-14-11(15-17(10)6-8)13-9-5-12-16(2)7-9/h3-7H,1-2H3,(H,13,15). The zero-order valence-corrected chi connectivity index (χ0v) is 9.62. The molecule has 1 N–H and O–H groups in total. The first-order valence-electron chi connectivity index (χ1n) is 5.29. The minimum Gasteiger partial charge on any atom is -0.320 e. The molecule has 0 unspecified atom stereocenters. The highest BCUT2D eigenvalue weighted by Crippen LogP contribution is 2.13. The van der Waals surface area contributed by atoms with Crippen LogP contribution in [0.2, 0.25) is 0 Å². The Morgan fingerprint density at radius 2 is 2.12 bits per heavy atom. The van der Waals surface area contributed by atoms with Crippen LogP contribution in [-0.2, 0) is 7.05 Å². The first kappa shape index (κ1) is 9.83. The maximum atomic E-state index is 4.36. The third-order valence-corrected chi connectivity index (χ3v) is 2.44. The molecule has 3 aromatic rings. The van der Waals surface area contributed by atoms with E-state index in [1.807, 2.05) is 38.5 Å². The molecule has 6 nitrogen and oxygen atoms in total. The second-order valence-electron chi connectivity index (χ2n) is 3.97. The lowest BCUT2D eigenvalue weighted by Gasteiger charge is -1.94. The van der Waals surface area contributed by atoms with Gasteiger partial charge in [-0.2, -0.15) is 10.1 Å². The van der Waals surface area contributed by atoms with Crippen LogP contribution in [0, 0.1) is 6.92 Å². The van der Waals surface area contributed by atoms with Gasteiger partial charge in [0.2, 0.25) is 5.95 Å². The molecule has 6 heteroatoms. The fraction of sp³-hybridized carbons (Fsp3) is 0.182. The van der Waals surface area contributed by atoms with E-state index in [4.69, 9.17) is 0 Å². The summed E-state index contributed by atoms with van der Waals surface area (Å²) in [7, 11) is 1.87. The van der Waals surface area contributed by atoms with Gasteiger partial charge >= 0.3 is 0 Å². The normalized spacial score (nSPS) is 10.9. The van der Waals surface area contributed by atoms with E-state index in [1.54, 1.807) is 15.4 Å². The second kappa shape index (κ2) is 3.58. The van der Waals surface area contributed by atoms with E-state index in [0.29, 0.717) is 5.95 Å². The third-order valence-electron chi connectivity index (χ3n) is 2.44. The molecule has 0 amide bonds. The Hall–Kier alpha value is -2.37. The number of fused-ring (bicyclic) bond motifs is 1. The lowest BCUT2D eigenvalue weighted by molar-refractivity contribution is 0.768. The Bertz CT molecular complexity index is 665. The SMILES string of the molecule is Cc1ccc2nc(Nc3cnn(C)c3)nn2c1. The number of nitrogens with zero attached hydrogens (tertiary/aromatic N) is 5. The highest BCUT2D eigenvalue weighted by atomic mass is 15.4. The van der Waals surface area contributed by atoms with Gasteiger partial charge in [0.25, 0.3) is 0 Å². The monoisotopic (exact) mass is 228 g/mol. The summed E-state index contributed by atoms with van der Waals surface area (Å²) in [5.41, 5.74) is 2.84. The molecule has 86 valence electrons. The molecule has 0 saturated heterocycles. The molecule has 0 saturated carbocycles. The molecule has 0 aliphatic rings. The summed E-state index contributed by atoms with van der Waals surface area (Å²) in [5, 5.41) is 11.5. The van der Waals surface area contributed by atoms with Gasteiger partial charge in [-0.1, -0.05) is 6.07 Å². The van der Waals surface area contributed by atoms with E-state index in [1.165, 1.54) is 0 Å². The number of rotatable bonds is 2. The van der Waals surface area contributed by atoms with Crippen LogP contribution >= 0.6 is 0 Å². The summed E-state index contributed by atoms with van der Waals surface area (Å²) < 4.78 is 3.48. The van der Waals surface area contributed by atoms with Gasteiger partial charge in [-0.3, -0.25) is 4.68 Å². The summed E-state index contributed by atoms with van der Waals surface area (Å²) in [4.78, 5) is 4.36. The van der Waals surface area contributed by atoms with Gasteiger partial charge in [0.1, 0.15) is 0 Å². The molecule has 0 aliphatic carbocycles. The number of pyridine rings is 1. The first-order chi connectivity index (χ1) is 8.20. The molecule has 3 rings (SSSR count). The highest BCUT2D eigenvalue weighted by molar-refractivity contribution is 5.53. The lowest BCUT2D eigenvalue weighted by Crippen LogP contribution is -1.92. The van der Waals surface area contributed by atoms with Crippen molar-refractivity contribution in [3.8, 4) is 0 Å². The predicted molar refractivity (Wildman–Crippen MR) is 64.2 cm³/mol. The minimum atomic E-state index is 0.573. The van der Waals surface area contributed by atoms with Crippen molar-refractivity contribution in [1.82, 2.24) is 24.4 Å². The molecule has 0 radical (unpaired) electrons. The van der Waals surface area contributed by atoms with E-state index in [0.717, 1.165) is 16.9 Å². The van der Waals surface area contributed by atoms with Crippen molar-refractivity contribution in [3.63, 3.8) is 0 Å². The van der Waals surface area contributed by atoms with Crippen molar-refractivity contribution in [2.75, 3.05) is 5.32 Å². The van der Waals surface area contributed by atoms with Crippen LogP contribution in [0.4, 0.5) is 11.6 Å². The number of anilines is 2. The Balaban J connectivity index is 1.95. The number of nitrogens with one attached hydrogen (secondary N) is 1. The van der Waals surface area contributed by atoms with Crippen LogP contribution in [0.1, 0.15) is 5.56 Å². The second-order valence-corrected chi connectivity index (χ2v) is 3.97. The van der Waals surface area contributed by atoms with Crippen molar-refractivity contribution in [1.29, 1.82) is 0 Å². The fourth-order valence-corrected chi connectivity index (χ4v) is 1.65. The van der Waals surface area contributed by atoms with Crippen molar-refractivity contribution in [2.45, 2.75) is 6.92 Å². The summed E-state index contributed by atoms with van der Waals surface area (Å²) >= 11 is 0. The number of aryl methyl sites for hydroxylation is 2. The first-order valence-corrected chi connectivity index (χ1v) is 5.29. The molecule has 0 bridgehead atoms. The van der Waals surface area contributed by atoms with Gasteiger partial charge in [0.05, 0.1) is 11.9 Å². The summed E-state index contributed by atoms with van der Waals surface area (Å²) in [5.74, 6) is 0.573. The largest absolute Gasteiger partial charge is 0.320 e. The van der Waals surface area contributed by atoms with Crippen LogP contribution in [0.5, 0.6) is 0 Å². The molecule has 3 heterocycles. The summed E-state index contributed by atoms with van der Waals surface area (Å²) in [6.45, 7) is 2.02. The van der Waals surface area contributed by atoms with Crippen molar-refractivity contribution in [2.24, 2.45) is 7.05 Å². The maximum Gasteiger partial charge on any atom is 0.247 e. The predicted octanol–water partition coefficient (Wildman–Crippen LogP) is 1.51. The molecule has 0 aromatic carbocycles. The van der Waals surface area contributed by atoms with Crippen LogP contribution in [0.25, 0.3) is 5.65 Å². The zero-order valence-electron chi connectivity index (χ0n) is 9.62. The van der Waals surface area contributed by atoms with Crippen LogP contribution < -0.4 is 5.32 Å². The van der Waals surface area contributed by atoms with Gasteiger partial charge < -0.3 is 5.32 Å². The van der Waals surface area contributed by atoms with E-state index in [9.17, 15) is 0 Å². The van der Waals surface area contributed by atoms with Gasteiger partial charge in [0.15, 0.2) is 5.65 Å². The smallest absolute Gasteiger partial charge is 0.247 e. The Morgan fingerprint density at radius 1 is 1.24 bits per heavy atom. The van der Waals surface area contributed by atoms with Crippen molar-refractivity contribution < 1.29 is 0 Å². The third kappa shape index (κ3) is 1.84. The van der Waals surface area contributed by atoms with E-state index in [-0.39, 0.29) is 0 Å². The zero-order chi connectivity index (χ0) is 11.8. The number of hydrogen-bond donors (Lipinski definition) is 1. The van der Waals surface area contributed by atoms with Gasteiger partial charge in [-0.25, -0.2) is 4.52 Å². The van der Waals surface area contributed by atoms with Crippen LogP contribution in [0.15, 0.2) is 30.7 Å². The highest BCUT2D eigenvalue weighted by Gasteiger charge is 2.04. The van der Waals surface area contributed by atoms with E-state index >= 15 is 0 Å². The van der Waals surface area contributed by atoms with Crippen LogP contribution in [0.3, 0.4) is 0 Å². The van der Waals surface area contributed by atoms with E-state index < -0.39 is 0 Å². The minimum absolute atomic E-state index is 0.573. The van der Waals surface area contributed by atoms with Gasteiger partial charge in [-0.05, 0) is 18.6 Å². The molecular formula is C11H12N6. The summed E-state index contributed by atoms with van der Waals surface area (Å²) in [6, 6.07) is 3.95. The quantitative estimate of drug-likeness (QED) is 0.722. The molecule has 0 spiro atoms. The Morgan fingerprint density at radius 3 is 2.88 bits per heavy atom. The summed E-state index contributed by atoms with van der Waals surface area (Å²) in [6.07, 6.45) is 5.55.